The monoisotopic (exact) mass is 201 g/mol. The van der Waals surface area contributed by atoms with Crippen LogP contribution in [0.2, 0.25) is 0 Å². The highest BCUT2D eigenvalue weighted by atomic mass is 14.9. The molecule has 0 fully saturated rings. The molecule has 3 N–H and O–H groups in total. The molecule has 0 bridgehead atoms. The number of hydrogen-bond donors (Lipinski definition) is 2. The third-order valence-electron chi connectivity index (χ3n) is 2.89. The fraction of sp³-hybridized carbons (Fsp3) is 0.417. The van der Waals surface area contributed by atoms with E-state index in [1.54, 1.807) is 0 Å². The first kappa shape index (κ1) is 10.2. The van der Waals surface area contributed by atoms with Crippen molar-refractivity contribution >= 4 is 0 Å². The summed E-state index contributed by atoms with van der Waals surface area (Å²) in [6.45, 7) is 0.738. The van der Waals surface area contributed by atoms with Gasteiger partial charge in [-0.25, -0.2) is 0 Å². The number of hydrogen-bond acceptors (Lipinski definition) is 3. The highest BCUT2D eigenvalue weighted by Crippen LogP contribution is 2.36. The Morgan fingerprint density at radius 2 is 2.13 bits per heavy atom. The van der Waals surface area contributed by atoms with Crippen LogP contribution in [-0.4, -0.2) is 6.54 Å². The number of nitriles is 1. The van der Waals surface area contributed by atoms with Crippen LogP contribution in [0.3, 0.4) is 0 Å². The van der Waals surface area contributed by atoms with Crippen LogP contribution in [0.4, 0.5) is 0 Å². The Bertz CT molecular complexity index is 381. The molecule has 0 saturated heterocycles. The van der Waals surface area contributed by atoms with E-state index < -0.39 is 0 Å². The van der Waals surface area contributed by atoms with E-state index in [1.165, 1.54) is 11.1 Å². The minimum atomic E-state index is 0.140. The number of fused-ring (bicyclic) bond motifs is 1. The van der Waals surface area contributed by atoms with Crippen molar-refractivity contribution in [2.75, 3.05) is 6.54 Å². The molecule has 15 heavy (non-hydrogen) atoms. The fourth-order valence-corrected chi connectivity index (χ4v) is 2.17. The van der Waals surface area contributed by atoms with Crippen LogP contribution in [0.25, 0.3) is 0 Å². The molecule has 3 heteroatoms. The van der Waals surface area contributed by atoms with E-state index in [4.69, 9.17) is 11.0 Å². The number of nitrogens with two attached hydrogens (primary N) is 1. The van der Waals surface area contributed by atoms with E-state index in [0.29, 0.717) is 12.5 Å². The second-order valence-corrected chi connectivity index (χ2v) is 3.89. The lowest BCUT2D eigenvalue weighted by molar-refractivity contribution is 0.505. The summed E-state index contributed by atoms with van der Waals surface area (Å²) in [5.41, 5.74) is 8.57. The van der Waals surface area contributed by atoms with Crippen molar-refractivity contribution in [3.8, 4) is 6.07 Å². The molecule has 0 heterocycles. The summed E-state index contributed by atoms with van der Waals surface area (Å²) in [4.78, 5) is 0. The summed E-state index contributed by atoms with van der Waals surface area (Å²) >= 11 is 0. The van der Waals surface area contributed by atoms with Crippen molar-refractivity contribution in [1.82, 2.24) is 5.32 Å². The van der Waals surface area contributed by atoms with Crippen molar-refractivity contribution in [2.24, 2.45) is 5.73 Å². The maximum Gasteiger partial charge on any atom is 0.0635 e. The first-order valence-electron chi connectivity index (χ1n) is 5.27. The van der Waals surface area contributed by atoms with E-state index in [9.17, 15) is 0 Å². The third kappa shape index (κ3) is 2.01. The zero-order valence-corrected chi connectivity index (χ0v) is 8.61. The quantitative estimate of drug-likeness (QED) is 0.731. The van der Waals surface area contributed by atoms with Gasteiger partial charge in [0.1, 0.15) is 0 Å². The molecule has 2 atom stereocenters. The number of rotatable bonds is 3. The van der Waals surface area contributed by atoms with E-state index in [-0.39, 0.29) is 6.04 Å². The van der Waals surface area contributed by atoms with Crippen LogP contribution in [-0.2, 0) is 0 Å². The summed E-state index contributed by atoms with van der Waals surface area (Å²) < 4.78 is 0. The standard InChI is InChI=1S/C12H15N3/c13-6-3-7-15-12-8-11(14)9-4-1-2-5-10(9)12/h1-2,4-5,11-12,15H,3,7-8,14H2. The van der Waals surface area contributed by atoms with Gasteiger partial charge in [0, 0.05) is 25.0 Å². The van der Waals surface area contributed by atoms with Crippen LogP contribution >= 0.6 is 0 Å². The largest absolute Gasteiger partial charge is 0.324 e. The Morgan fingerprint density at radius 3 is 2.87 bits per heavy atom. The lowest BCUT2D eigenvalue weighted by atomic mass is 10.1. The van der Waals surface area contributed by atoms with E-state index in [1.807, 2.05) is 12.1 Å². The van der Waals surface area contributed by atoms with Gasteiger partial charge in [-0.2, -0.15) is 5.26 Å². The van der Waals surface area contributed by atoms with Crippen molar-refractivity contribution < 1.29 is 0 Å². The highest BCUT2D eigenvalue weighted by molar-refractivity contribution is 5.37. The lowest BCUT2D eigenvalue weighted by Crippen LogP contribution is -2.20. The zero-order chi connectivity index (χ0) is 10.7. The lowest BCUT2D eigenvalue weighted by Gasteiger charge is -2.12. The molecule has 0 saturated carbocycles. The Balaban J connectivity index is 2.08. The highest BCUT2D eigenvalue weighted by Gasteiger charge is 2.27. The molecular weight excluding hydrogens is 186 g/mol. The van der Waals surface area contributed by atoms with Crippen LogP contribution < -0.4 is 11.1 Å². The van der Waals surface area contributed by atoms with E-state index in [2.05, 4.69) is 23.5 Å². The van der Waals surface area contributed by atoms with Gasteiger partial charge >= 0.3 is 0 Å². The SMILES string of the molecule is N#CCCNC1CC(N)c2ccccc21. The first-order chi connectivity index (χ1) is 7.33. The molecule has 2 rings (SSSR count). The third-order valence-corrected chi connectivity index (χ3v) is 2.89. The number of nitrogens with one attached hydrogen (secondary N) is 1. The molecule has 2 unspecified atom stereocenters. The number of benzene rings is 1. The van der Waals surface area contributed by atoms with Gasteiger partial charge in [-0.15, -0.1) is 0 Å². The minimum Gasteiger partial charge on any atom is -0.324 e. The maximum atomic E-state index is 8.47. The predicted molar refractivity (Wildman–Crippen MR) is 59.0 cm³/mol. The molecule has 0 amide bonds. The van der Waals surface area contributed by atoms with E-state index in [0.717, 1.165) is 13.0 Å². The van der Waals surface area contributed by atoms with Gasteiger partial charge in [-0.3, -0.25) is 0 Å². The maximum absolute atomic E-state index is 8.47. The van der Waals surface area contributed by atoms with Crippen LogP contribution in [0.5, 0.6) is 0 Å². The summed E-state index contributed by atoms with van der Waals surface area (Å²) in [7, 11) is 0. The molecule has 1 aliphatic rings. The Hall–Kier alpha value is -1.37. The molecule has 0 aliphatic heterocycles. The van der Waals surface area contributed by atoms with Gasteiger partial charge in [-0.05, 0) is 17.5 Å². The average molecular weight is 201 g/mol. The van der Waals surface area contributed by atoms with Gasteiger partial charge in [-0.1, -0.05) is 24.3 Å². The summed E-state index contributed by atoms with van der Waals surface area (Å²) in [5.74, 6) is 0. The summed E-state index contributed by atoms with van der Waals surface area (Å²) in [5, 5.41) is 11.8. The Kier molecular flexibility index (Phi) is 3.00. The van der Waals surface area contributed by atoms with Crippen LogP contribution in [0.15, 0.2) is 24.3 Å². The predicted octanol–water partition coefficient (Wildman–Crippen LogP) is 1.63. The van der Waals surface area contributed by atoms with E-state index >= 15 is 0 Å². The van der Waals surface area contributed by atoms with Gasteiger partial charge < -0.3 is 11.1 Å². The smallest absolute Gasteiger partial charge is 0.0635 e. The van der Waals surface area contributed by atoms with Crippen molar-refractivity contribution in [3.05, 3.63) is 35.4 Å². The Morgan fingerprint density at radius 1 is 1.40 bits per heavy atom. The fourth-order valence-electron chi connectivity index (χ4n) is 2.17. The second kappa shape index (κ2) is 4.43. The minimum absolute atomic E-state index is 0.140. The second-order valence-electron chi connectivity index (χ2n) is 3.89. The summed E-state index contributed by atoms with van der Waals surface area (Å²) in [6.07, 6.45) is 1.48. The molecule has 0 radical (unpaired) electrons. The molecule has 78 valence electrons. The molecule has 1 aromatic rings. The van der Waals surface area contributed by atoms with Gasteiger partial charge in [0.15, 0.2) is 0 Å². The topological polar surface area (TPSA) is 61.8 Å². The zero-order valence-electron chi connectivity index (χ0n) is 8.61. The summed E-state index contributed by atoms with van der Waals surface area (Å²) in [6, 6.07) is 10.9. The van der Waals surface area contributed by atoms with Crippen molar-refractivity contribution in [2.45, 2.75) is 24.9 Å². The molecule has 3 nitrogen and oxygen atoms in total. The van der Waals surface area contributed by atoms with Gasteiger partial charge in [0.25, 0.3) is 0 Å². The molecule has 0 spiro atoms. The average Bonchev–Trinajstić information content (AvgIpc) is 2.58. The first-order valence-corrected chi connectivity index (χ1v) is 5.27. The molecular formula is C12H15N3. The molecule has 1 aliphatic carbocycles. The van der Waals surface area contributed by atoms with Crippen molar-refractivity contribution in [1.29, 1.82) is 5.26 Å². The van der Waals surface area contributed by atoms with Crippen LogP contribution in [0, 0.1) is 11.3 Å². The molecule has 0 aromatic heterocycles. The molecule has 1 aromatic carbocycles. The van der Waals surface area contributed by atoms with Crippen LogP contribution in [0.1, 0.15) is 36.1 Å². The van der Waals surface area contributed by atoms with Gasteiger partial charge in [0.05, 0.1) is 6.07 Å². The normalized spacial score (nSPS) is 23.5. The van der Waals surface area contributed by atoms with Gasteiger partial charge in [0.2, 0.25) is 0 Å². The Labute approximate surface area is 89.9 Å². The van der Waals surface area contributed by atoms with Crippen molar-refractivity contribution in [3.63, 3.8) is 0 Å². The number of nitrogens with zero attached hydrogens (tertiary/aromatic N) is 1.